The van der Waals surface area contributed by atoms with Crippen molar-refractivity contribution < 1.29 is 9.53 Å². The molecule has 2 rings (SSSR count). The molecule has 0 fully saturated rings. The number of allylic oxidation sites excluding steroid dienone is 1. The predicted molar refractivity (Wildman–Crippen MR) is 98.1 cm³/mol. The number of ether oxygens (including phenoxy) is 1. The van der Waals surface area contributed by atoms with Gasteiger partial charge in [-0.3, -0.25) is 9.69 Å². The third kappa shape index (κ3) is 5.68. The molecule has 0 radical (unpaired) electrons. The van der Waals surface area contributed by atoms with Crippen molar-refractivity contribution in [1.82, 2.24) is 10.2 Å². The van der Waals surface area contributed by atoms with Gasteiger partial charge in [-0.05, 0) is 63.8 Å². The molecule has 0 aliphatic heterocycles. The van der Waals surface area contributed by atoms with Crippen LogP contribution in [0.3, 0.4) is 0 Å². The van der Waals surface area contributed by atoms with E-state index in [1.807, 2.05) is 32.2 Å². The van der Waals surface area contributed by atoms with Crippen LogP contribution < -0.4 is 10.1 Å². The number of benzene rings is 1. The number of likely N-dealkylation sites (N-methyl/N-ethyl adjacent to an activating group) is 1. The van der Waals surface area contributed by atoms with Crippen LogP contribution in [0.4, 0.5) is 0 Å². The molecule has 1 aliphatic carbocycles. The minimum Gasteiger partial charge on any atom is -0.497 e. The molecule has 1 unspecified atom stereocenters. The highest BCUT2D eigenvalue weighted by Gasteiger charge is 2.18. The van der Waals surface area contributed by atoms with Crippen LogP contribution in [-0.4, -0.2) is 37.6 Å². The zero-order valence-corrected chi connectivity index (χ0v) is 15.2. The van der Waals surface area contributed by atoms with E-state index in [0.717, 1.165) is 30.8 Å². The molecule has 0 saturated carbocycles. The molecule has 4 heteroatoms. The lowest BCUT2D eigenvalue weighted by Crippen LogP contribution is -2.43. The van der Waals surface area contributed by atoms with Gasteiger partial charge < -0.3 is 10.1 Å². The van der Waals surface area contributed by atoms with Crippen LogP contribution in [0, 0.1) is 0 Å². The third-order valence-corrected chi connectivity index (χ3v) is 4.74. The van der Waals surface area contributed by atoms with E-state index < -0.39 is 0 Å². The van der Waals surface area contributed by atoms with E-state index in [1.54, 1.807) is 7.11 Å². The molecular formula is C20H30N2O2. The highest BCUT2D eigenvalue weighted by atomic mass is 16.5. The van der Waals surface area contributed by atoms with Crippen molar-refractivity contribution in [2.45, 2.75) is 51.6 Å². The number of carbonyl (C=O) groups excluding carboxylic acids is 1. The van der Waals surface area contributed by atoms with E-state index in [-0.39, 0.29) is 11.9 Å². The lowest BCUT2D eigenvalue weighted by Gasteiger charge is -2.24. The van der Waals surface area contributed by atoms with Gasteiger partial charge in [0.2, 0.25) is 5.91 Å². The van der Waals surface area contributed by atoms with E-state index >= 15 is 0 Å². The fourth-order valence-corrected chi connectivity index (χ4v) is 3.02. The molecule has 1 atom stereocenters. The Labute approximate surface area is 145 Å². The fourth-order valence-electron chi connectivity index (χ4n) is 3.02. The van der Waals surface area contributed by atoms with Gasteiger partial charge in [0.05, 0.1) is 13.2 Å². The summed E-state index contributed by atoms with van der Waals surface area (Å²) in [5.74, 6) is 0.940. The molecule has 1 aromatic carbocycles. The Kier molecular flexibility index (Phi) is 7.32. The van der Waals surface area contributed by atoms with Crippen molar-refractivity contribution in [3.8, 4) is 5.75 Å². The summed E-state index contributed by atoms with van der Waals surface area (Å²) < 4.78 is 5.25. The second kappa shape index (κ2) is 9.48. The molecule has 1 N–H and O–H groups in total. The lowest BCUT2D eigenvalue weighted by molar-refractivity contribution is -0.125. The maximum atomic E-state index is 12.3. The summed E-state index contributed by atoms with van der Waals surface area (Å²) >= 11 is 0. The molecular weight excluding hydrogens is 300 g/mol. The zero-order valence-electron chi connectivity index (χ0n) is 15.2. The number of amides is 1. The molecule has 4 nitrogen and oxygen atoms in total. The first-order valence-electron chi connectivity index (χ1n) is 8.89. The molecule has 1 aliphatic rings. The third-order valence-electron chi connectivity index (χ3n) is 4.74. The van der Waals surface area contributed by atoms with E-state index in [4.69, 9.17) is 4.74 Å². The van der Waals surface area contributed by atoms with E-state index in [9.17, 15) is 4.79 Å². The quantitative estimate of drug-likeness (QED) is 0.742. The number of carbonyl (C=O) groups is 1. The second-order valence-corrected chi connectivity index (χ2v) is 6.59. The van der Waals surface area contributed by atoms with Crippen LogP contribution in [0.1, 0.15) is 44.6 Å². The number of hydrogen-bond donors (Lipinski definition) is 1. The normalized spacial score (nSPS) is 15.8. The Morgan fingerprint density at radius 1 is 1.38 bits per heavy atom. The van der Waals surface area contributed by atoms with E-state index in [0.29, 0.717) is 0 Å². The van der Waals surface area contributed by atoms with Crippen LogP contribution in [0.5, 0.6) is 5.75 Å². The van der Waals surface area contributed by atoms with Crippen molar-refractivity contribution in [1.29, 1.82) is 0 Å². The Hall–Kier alpha value is -1.81. The van der Waals surface area contributed by atoms with Crippen LogP contribution in [0.25, 0.3) is 0 Å². The molecule has 132 valence electrons. The minimum atomic E-state index is -0.156. The molecule has 0 heterocycles. The summed E-state index contributed by atoms with van der Waals surface area (Å²) in [5.41, 5.74) is 2.64. The summed E-state index contributed by atoms with van der Waals surface area (Å²) in [6.07, 6.45) is 8.32. The first-order valence-corrected chi connectivity index (χ1v) is 8.89. The molecule has 1 amide bonds. The number of methoxy groups -OCH3 is 1. The maximum Gasteiger partial charge on any atom is 0.237 e. The Morgan fingerprint density at radius 2 is 2.21 bits per heavy atom. The standard InChI is InChI=1S/C20H30N2O2/c1-16(20(23)21-13-12-17-8-5-4-6-9-17)22(2)15-18-10-7-11-19(14-18)24-3/h7-8,10-11,14,16H,4-6,9,12-13,15H2,1-3H3,(H,21,23). The smallest absolute Gasteiger partial charge is 0.237 e. The average molecular weight is 330 g/mol. The predicted octanol–water partition coefficient (Wildman–Crippen LogP) is 3.52. The van der Waals surface area contributed by atoms with Crippen LogP contribution >= 0.6 is 0 Å². The van der Waals surface area contributed by atoms with Crippen LogP contribution in [0.2, 0.25) is 0 Å². The van der Waals surface area contributed by atoms with E-state index in [1.165, 1.54) is 31.3 Å². The Morgan fingerprint density at radius 3 is 2.92 bits per heavy atom. The van der Waals surface area contributed by atoms with Gasteiger partial charge in [-0.2, -0.15) is 0 Å². The first kappa shape index (κ1) is 18.5. The number of rotatable bonds is 8. The van der Waals surface area contributed by atoms with Gasteiger partial charge in [0, 0.05) is 13.1 Å². The zero-order chi connectivity index (χ0) is 17.4. The summed E-state index contributed by atoms with van der Waals surface area (Å²) in [7, 11) is 3.65. The average Bonchev–Trinajstić information content (AvgIpc) is 2.62. The summed E-state index contributed by atoms with van der Waals surface area (Å²) in [5, 5.41) is 3.07. The van der Waals surface area contributed by atoms with Gasteiger partial charge >= 0.3 is 0 Å². The molecule has 1 aromatic rings. The molecule has 0 aromatic heterocycles. The summed E-state index contributed by atoms with van der Waals surface area (Å²) in [6, 6.07) is 7.82. The topological polar surface area (TPSA) is 41.6 Å². The highest BCUT2D eigenvalue weighted by molar-refractivity contribution is 5.81. The molecule has 0 spiro atoms. The highest BCUT2D eigenvalue weighted by Crippen LogP contribution is 2.19. The van der Waals surface area contributed by atoms with Gasteiger partial charge in [0.15, 0.2) is 0 Å². The van der Waals surface area contributed by atoms with Gasteiger partial charge in [-0.15, -0.1) is 0 Å². The molecule has 0 saturated heterocycles. The maximum absolute atomic E-state index is 12.3. The largest absolute Gasteiger partial charge is 0.497 e. The van der Waals surface area contributed by atoms with Gasteiger partial charge in [-0.25, -0.2) is 0 Å². The number of nitrogens with zero attached hydrogens (tertiary/aromatic N) is 1. The Bertz CT molecular complexity index is 569. The lowest BCUT2D eigenvalue weighted by atomic mass is 9.97. The monoisotopic (exact) mass is 330 g/mol. The fraction of sp³-hybridized carbons (Fsp3) is 0.550. The van der Waals surface area contributed by atoms with E-state index in [2.05, 4.69) is 22.4 Å². The number of hydrogen-bond acceptors (Lipinski definition) is 3. The van der Waals surface area contributed by atoms with Gasteiger partial charge in [0.25, 0.3) is 0 Å². The Balaban J connectivity index is 1.77. The van der Waals surface area contributed by atoms with Crippen LogP contribution in [-0.2, 0) is 11.3 Å². The number of nitrogens with one attached hydrogen (secondary N) is 1. The molecule has 0 bridgehead atoms. The SMILES string of the molecule is COc1cccc(CN(C)C(C)C(=O)NCCC2=CCCCC2)c1. The first-order chi connectivity index (χ1) is 11.6. The van der Waals surface area contributed by atoms with Crippen molar-refractivity contribution in [3.05, 3.63) is 41.5 Å². The van der Waals surface area contributed by atoms with Crippen molar-refractivity contribution in [2.24, 2.45) is 0 Å². The summed E-state index contributed by atoms with van der Waals surface area (Å²) in [6.45, 7) is 3.41. The van der Waals surface area contributed by atoms with Crippen molar-refractivity contribution in [3.63, 3.8) is 0 Å². The summed E-state index contributed by atoms with van der Waals surface area (Å²) in [4.78, 5) is 14.4. The van der Waals surface area contributed by atoms with Crippen molar-refractivity contribution in [2.75, 3.05) is 20.7 Å². The second-order valence-electron chi connectivity index (χ2n) is 6.59. The van der Waals surface area contributed by atoms with Crippen molar-refractivity contribution >= 4 is 5.91 Å². The molecule has 24 heavy (non-hydrogen) atoms. The van der Waals surface area contributed by atoms with Gasteiger partial charge in [-0.1, -0.05) is 23.8 Å². The van der Waals surface area contributed by atoms with Crippen LogP contribution in [0.15, 0.2) is 35.9 Å². The van der Waals surface area contributed by atoms with Gasteiger partial charge in [0.1, 0.15) is 5.75 Å². The minimum absolute atomic E-state index is 0.0943.